The predicted molar refractivity (Wildman–Crippen MR) is 146 cm³/mol. The number of nitrogens with zero attached hydrogens (tertiary/aromatic N) is 1. The average molecular weight is 528 g/mol. The SMILES string of the molecule is CCCCCCCCOc1ccc(C2CN(CCOP(=O)(OC(C)(C)C)OC(C)(C)C)CCO2)cc1. The Hall–Kier alpha value is -0.950. The average Bonchev–Trinajstić information content (AvgIpc) is 2.76. The lowest BCUT2D eigenvalue weighted by molar-refractivity contribution is -0.0379. The highest BCUT2D eigenvalue weighted by molar-refractivity contribution is 7.48. The molecule has 1 unspecified atom stereocenters. The lowest BCUT2D eigenvalue weighted by Gasteiger charge is -2.34. The Labute approximate surface area is 219 Å². The fraction of sp³-hybridized carbons (Fsp3) is 0.786. The van der Waals surface area contributed by atoms with Crippen LogP contribution in [0.4, 0.5) is 0 Å². The van der Waals surface area contributed by atoms with Crippen LogP contribution in [0, 0.1) is 0 Å². The Morgan fingerprint density at radius 2 is 1.53 bits per heavy atom. The van der Waals surface area contributed by atoms with Gasteiger partial charge in [0.15, 0.2) is 0 Å². The molecule has 1 fully saturated rings. The summed E-state index contributed by atoms with van der Waals surface area (Å²) in [5.74, 6) is 0.904. The predicted octanol–water partition coefficient (Wildman–Crippen LogP) is 7.55. The molecule has 1 aliphatic heterocycles. The maximum Gasteiger partial charge on any atom is 0.475 e. The van der Waals surface area contributed by atoms with Crippen LogP contribution in [0.3, 0.4) is 0 Å². The van der Waals surface area contributed by atoms with Crippen molar-refractivity contribution in [3.05, 3.63) is 29.8 Å². The number of hydrogen-bond acceptors (Lipinski definition) is 7. The first-order valence-electron chi connectivity index (χ1n) is 13.6. The number of ether oxygens (including phenoxy) is 2. The molecule has 1 heterocycles. The first-order chi connectivity index (χ1) is 16.9. The normalized spacial score (nSPS) is 17.9. The summed E-state index contributed by atoms with van der Waals surface area (Å²) < 4.78 is 42.3. The Morgan fingerprint density at radius 3 is 2.14 bits per heavy atom. The minimum atomic E-state index is -3.70. The topological polar surface area (TPSA) is 66.5 Å². The molecular weight excluding hydrogens is 477 g/mol. The van der Waals surface area contributed by atoms with E-state index < -0.39 is 19.0 Å². The summed E-state index contributed by atoms with van der Waals surface area (Å²) in [6.45, 7) is 17.1. The third kappa shape index (κ3) is 13.0. The minimum Gasteiger partial charge on any atom is -0.494 e. The summed E-state index contributed by atoms with van der Waals surface area (Å²) in [5, 5.41) is 0. The zero-order valence-corrected chi connectivity index (χ0v) is 24.6. The van der Waals surface area contributed by atoms with Crippen molar-refractivity contribution in [3.63, 3.8) is 0 Å². The van der Waals surface area contributed by atoms with Crippen LogP contribution in [0.25, 0.3) is 0 Å². The fourth-order valence-electron chi connectivity index (χ4n) is 3.98. The van der Waals surface area contributed by atoms with Gasteiger partial charge in [0.25, 0.3) is 0 Å². The van der Waals surface area contributed by atoms with Crippen LogP contribution in [0.2, 0.25) is 0 Å². The summed E-state index contributed by atoms with van der Waals surface area (Å²) in [7, 11) is -3.70. The van der Waals surface area contributed by atoms with E-state index in [1.54, 1.807) is 0 Å². The largest absolute Gasteiger partial charge is 0.494 e. The smallest absolute Gasteiger partial charge is 0.475 e. The minimum absolute atomic E-state index is 0.0187. The molecule has 0 aliphatic carbocycles. The molecule has 1 saturated heterocycles. The summed E-state index contributed by atoms with van der Waals surface area (Å²) in [6.07, 6.45) is 7.53. The quantitative estimate of drug-likeness (QED) is 0.172. The second-order valence-electron chi connectivity index (χ2n) is 11.5. The molecule has 1 aromatic carbocycles. The van der Waals surface area contributed by atoms with Crippen LogP contribution in [0.15, 0.2) is 24.3 Å². The van der Waals surface area contributed by atoms with Crippen molar-refractivity contribution in [2.45, 2.75) is 104 Å². The summed E-state index contributed by atoms with van der Waals surface area (Å²) in [4.78, 5) is 2.26. The highest BCUT2D eigenvalue weighted by atomic mass is 31.2. The van der Waals surface area contributed by atoms with Crippen molar-refractivity contribution in [2.24, 2.45) is 0 Å². The van der Waals surface area contributed by atoms with Crippen molar-refractivity contribution < 1.29 is 27.6 Å². The van der Waals surface area contributed by atoms with E-state index in [0.717, 1.165) is 37.4 Å². The van der Waals surface area contributed by atoms with Crippen LogP contribution >= 0.6 is 7.82 Å². The maximum absolute atomic E-state index is 13.2. The van der Waals surface area contributed by atoms with E-state index in [1.807, 2.05) is 53.7 Å². The van der Waals surface area contributed by atoms with Crippen molar-refractivity contribution in [1.82, 2.24) is 4.90 Å². The molecule has 0 spiro atoms. The van der Waals surface area contributed by atoms with Gasteiger partial charge in [0, 0.05) is 19.6 Å². The number of phosphoric acid groups is 1. The molecule has 2 rings (SSSR count). The Bertz CT molecular complexity index is 767. The molecule has 7 nitrogen and oxygen atoms in total. The Balaban J connectivity index is 1.79. The van der Waals surface area contributed by atoms with Crippen LogP contribution in [-0.2, 0) is 22.9 Å². The van der Waals surface area contributed by atoms with E-state index in [2.05, 4.69) is 24.0 Å². The second-order valence-corrected chi connectivity index (χ2v) is 13.1. The standard InChI is InChI=1S/C28H50NO6P/c1-8-9-10-11-12-13-20-31-25-16-14-24(15-17-25)26-23-29(18-21-32-26)19-22-33-36(30,34-27(2,3)4)35-28(5,6)7/h14-17,26H,8-13,18-23H2,1-7H3. The maximum atomic E-state index is 13.2. The molecular formula is C28H50NO6P. The van der Waals surface area contributed by atoms with Gasteiger partial charge >= 0.3 is 7.82 Å². The third-order valence-electron chi connectivity index (χ3n) is 5.60. The molecule has 0 bridgehead atoms. The van der Waals surface area contributed by atoms with E-state index in [0.29, 0.717) is 13.2 Å². The van der Waals surface area contributed by atoms with Gasteiger partial charge in [-0.2, -0.15) is 0 Å². The summed E-state index contributed by atoms with van der Waals surface area (Å²) in [5.41, 5.74) is -0.157. The van der Waals surface area contributed by atoms with E-state index >= 15 is 0 Å². The van der Waals surface area contributed by atoms with Crippen LogP contribution in [0.5, 0.6) is 5.75 Å². The molecule has 1 aliphatic rings. The van der Waals surface area contributed by atoms with E-state index in [4.69, 9.17) is 23.0 Å². The van der Waals surface area contributed by atoms with E-state index in [9.17, 15) is 4.57 Å². The van der Waals surface area contributed by atoms with E-state index in [1.165, 1.54) is 32.1 Å². The van der Waals surface area contributed by atoms with Crippen LogP contribution in [0.1, 0.15) is 98.7 Å². The molecule has 0 saturated carbocycles. The first kappa shape index (κ1) is 31.3. The Morgan fingerprint density at radius 1 is 0.917 bits per heavy atom. The molecule has 0 N–H and O–H groups in total. The molecule has 1 aromatic rings. The van der Waals surface area contributed by atoms with Crippen molar-refractivity contribution in [1.29, 1.82) is 0 Å². The molecule has 208 valence electrons. The lowest BCUT2D eigenvalue weighted by atomic mass is 10.1. The molecule has 0 aromatic heterocycles. The van der Waals surface area contributed by atoms with Crippen LogP contribution < -0.4 is 4.74 Å². The number of benzene rings is 1. The van der Waals surface area contributed by atoms with Gasteiger partial charge in [-0.25, -0.2) is 4.57 Å². The number of rotatable bonds is 15. The third-order valence-corrected chi connectivity index (χ3v) is 7.64. The first-order valence-corrected chi connectivity index (χ1v) is 15.1. The number of morpholine rings is 1. The summed E-state index contributed by atoms with van der Waals surface area (Å²) in [6, 6.07) is 8.23. The van der Waals surface area contributed by atoms with Crippen molar-refractivity contribution >= 4 is 7.82 Å². The number of hydrogen-bond donors (Lipinski definition) is 0. The van der Waals surface area contributed by atoms with Crippen molar-refractivity contribution in [3.8, 4) is 5.75 Å². The van der Waals surface area contributed by atoms with Gasteiger partial charge in [-0.05, 0) is 65.7 Å². The van der Waals surface area contributed by atoms with E-state index in [-0.39, 0.29) is 12.7 Å². The van der Waals surface area contributed by atoms with Gasteiger partial charge < -0.3 is 9.47 Å². The van der Waals surface area contributed by atoms with Gasteiger partial charge in [-0.15, -0.1) is 0 Å². The second kappa shape index (κ2) is 14.8. The van der Waals surface area contributed by atoms with Gasteiger partial charge in [-0.1, -0.05) is 51.2 Å². The molecule has 0 amide bonds. The van der Waals surface area contributed by atoms with Gasteiger partial charge in [0.1, 0.15) is 5.75 Å². The fourth-order valence-corrected chi connectivity index (χ4v) is 5.77. The van der Waals surface area contributed by atoms with Gasteiger partial charge in [0.2, 0.25) is 0 Å². The molecule has 0 radical (unpaired) electrons. The highest BCUT2D eigenvalue weighted by Gasteiger charge is 2.37. The van der Waals surface area contributed by atoms with Gasteiger partial charge in [0.05, 0.1) is 37.1 Å². The van der Waals surface area contributed by atoms with Crippen LogP contribution in [-0.4, -0.2) is 55.6 Å². The molecule has 1 atom stereocenters. The number of unbranched alkanes of at least 4 members (excludes halogenated alkanes) is 5. The Kier molecular flexibility index (Phi) is 12.9. The molecule has 8 heteroatoms. The van der Waals surface area contributed by atoms with Crippen molar-refractivity contribution in [2.75, 3.05) is 39.5 Å². The lowest BCUT2D eigenvalue weighted by Crippen LogP contribution is -2.40. The monoisotopic (exact) mass is 527 g/mol. The highest BCUT2D eigenvalue weighted by Crippen LogP contribution is 2.55. The zero-order valence-electron chi connectivity index (χ0n) is 23.7. The number of phosphoric ester groups is 1. The van der Waals surface area contributed by atoms with Gasteiger partial charge in [-0.3, -0.25) is 18.5 Å². The summed E-state index contributed by atoms with van der Waals surface area (Å²) >= 11 is 0. The zero-order chi connectivity index (χ0) is 26.7. The molecule has 36 heavy (non-hydrogen) atoms.